The zero-order valence-corrected chi connectivity index (χ0v) is 24.7. The quantitative estimate of drug-likeness (QED) is 0.323. The molecule has 0 spiro atoms. The first-order chi connectivity index (χ1) is 18.0. The summed E-state index contributed by atoms with van der Waals surface area (Å²) in [5.74, 6) is -1.30. The van der Waals surface area contributed by atoms with E-state index in [1.807, 2.05) is 6.92 Å². The lowest BCUT2D eigenvalue weighted by molar-refractivity contribution is -0.140. The number of carbonyl (C=O) groups is 2. The predicted molar refractivity (Wildman–Crippen MR) is 148 cm³/mol. The summed E-state index contributed by atoms with van der Waals surface area (Å²) < 4.78 is 66.3. The van der Waals surface area contributed by atoms with Gasteiger partial charge in [-0.05, 0) is 55.7 Å². The van der Waals surface area contributed by atoms with Crippen LogP contribution in [0, 0.1) is 0 Å². The molecule has 2 amide bonds. The molecule has 0 aromatic heterocycles. The Labute approximate surface area is 241 Å². The number of halogens is 6. The number of alkyl halides is 3. The Balaban J connectivity index is 2.56. The van der Waals surface area contributed by atoms with Gasteiger partial charge in [0.1, 0.15) is 12.6 Å². The summed E-state index contributed by atoms with van der Waals surface area (Å²) >= 11 is 18.0. The Morgan fingerprint density at radius 2 is 1.64 bits per heavy atom. The predicted octanol–water partition coefficient (Wildman–Crippen LogP) is 6.15. The van der Waals surface area contributed by atoms with Gasteiger partial charge in [-0.2, -0.15) is 13.2 Å². The molecule has 2 aromatic rings. The second-order valence-corrected chi connectivity index (χ2v) is 12.1. The average Bonchev–Trinajstić information content (AvgIpc) is 2.82. The molecular formula is C25H29Cl3F3N3O4S. The molecule has 0 heterocycles. The molecule has 0 unspecified atom stereocenters. The van der Waals surface area contributed by atoms with Crippen molar-refractivity contribution < 1.29 is 31.2 Å². The van der Waals surface area contributed by atoms with Gasteiger partial charge in [-0.25, -0.2) is 8.42 Å². The third-order valence-electron chi connectivity index (χ3n) is 5.97. The Kier molecular flexibility index (Phi) is 11.4. The smallest absolute Gasteiger partial charge is 0.352 e. The maximum atomic E-state index is 13.7. The Bertz CT molecular complexity index is 1310. The first-order valence-electron chi connectivity index (χ1n) is 11.9. The van der Waals surface area contributed by atoms with Gasteiger partial charge in [0.2, 0.25) is 21.8 Å². The summed E-state index contributed by atoms with van der Waals surface area (Å²) in [5, 5.41) is 2.74. The van der Waals surface area contributed by atoms with Crippen LogP contribution in [0.5, 0.6) is 0 Å². The van der Waals surface area contributed by atoms with E-state index in [-0.39, 0.29) is 24.0 Å². The monoisotopic (exact) mass is 629 g/mol. The zero-order valence-electron chi connectivity index (χ0n) is 21.7. The van der Waals surface area contributed by atoms with Crippen LogP contribution in [-0.2, 0) is 32.3 Å². The van der Waals surface area contributed by atoms with Crippen molar-refractivity contribution in [1.82, 2.24) is 10.2 Å². The Morgan fingerprint density at radius 1 is 1.00 bits per heavy atom. The fourth-order valence-corrected chi connectivity index (χ4v) is 5.23. The van der Waals surface area contributed by atoms with Crippen LogP contribution in [0.15, 0.2) is 36.4 Å². The highest BCUT2D eigenvalue weighted by Gasteiger charge is 2.36. The molecule has 7 nitrogen and oxygen atoms in total. The maximum absolute atomic E-state index is 13.7. The summed E-state index contributed by atoms with van der Waals surface area (Å²) in [4.78, 5) is 28.0. The topological polar surface area (TPSA) is 86.8 Å². The summed E-state index contributed by atoms with van der Waals surface area (Å²) in [6.45, 7) is 4.27. The summed E-state index contributed by atoms with van der Waals surface area (Å²) in [7, 11) is -4.25. The average molecular weight is 631 g/mol. The van der Waals surface area contributed by atoms with Gasteiger partial charge in [-0.1, -0.05) is 54.7 Å². The van der Waals surface area contributed by atoms with Crippen molar-refractivity contribution in [2.24, 2.45) is 0 Å². The van der Waals surface area contributed by atoms with Gasteiger partial charge in [0.05, 0.1) is 22.5 Å². The maximum Gasteiger partial charge on any atom is 0.417 e. The largest absolute Gasteiger partial charge is 0.417 e. The minimum absolute atomic E-state index is 0.164. The van der Waals surface area contributed by atoms with Crippen molar-refractivity contribution in [3.05, 3.63) is 62.6 Å². The number of hydrogen-bond donors (Lipinski definition) is 1. The molecule has 0 fully saturated rings. The van der Waals surface area contributed by atoms with Gasteiger partial charge in [0.25, 0.3) is 0 Å². The number of carbonyl (C=O) groups excluding carboxylic acids is 2. The van der Waals surface area contributed by atoms with E-state index in [9.17, 15) is 31.2 Å². The van der Waals surface area contributed by atoms with Crippen molar-refractivity contribution in [3.63, 3.8) is 0 Å². The summed E-state index contributed by atoms with van der Waals surface area (Å²) in [6, 6.07) is 5.86. The Hall–Kier alpha value is -2.21. The van der Waals surface area contributed by atoms with Crippen LogP contribution in [0.2, 0.25) is 15.1 Å². The third kappa shape index (κ3) is 8.89. The molecule has 216 valence electrons. The number of nitrogens with zero attached hydrogens (tertiary/aromatic N) is 2. The van der Waals surface area contributed by atoms with Gasteiger partial charge in [0, 0.05) is 22.6 Å². The van der Waals surface area contributed by atoms with Crippen LogP contribution in [0.1, 0.15) is 44.7 Å². The molecule has 0 saturated carbocycles. The molecule has 39 heavy (non-hydrogen) atoms. The van der Waals surface area contributed by atoms with Gasteiger partial charge >= 0.3 is 6.18 Å². The van der Waals surface area contributed by atoms with Gasteiger partial charge in [0.15, 0.2) is 0 Å². The molecule has 14 heteroatoms. The van der Waals surface area contributed by atoms with E-state index >= 15 is 0 Å². The molecule has 2 aromatic carbocycles. The standard InChI is InChI=1S/C25H29Cl3F3N3O4S/c1-5-15(3)32-24(36)22(6-2)33(13-16-7-8-17(26)11-21(16)28)23(35)14-34(39(4,37)38)18-9-10-20(27)19(12-18)25(29,30)31/h7-12,15,22H,5-6,13-14H2,1-4H3,(H,32,36)/t15-,22-/m0/s1. The molecular weight excluding hydrogens is 602 g/mol. The van der Waals surface area contributed by atoms with Gasteiger partial charge in [-0.3, -0.25) is 13.9 Å². The van der Waals surface area contributed by atoms with Crippen molar-refractivity contribution in [3.8, 4) is 0 Å². The molecule has 0 aliphatic carbocycles. The molecule has 0 bridgehead atoms. The Morgan fingerprint density at radius 3 is 2.15 bits per heavy atom. The van der Waals surface area contributed by atoms with Crippen molar-refractivity contribution >= 4 is 62.3 Å². The number of anilines is 1. The van der Waals surface area contributed by atoms with Crippen LogP contribution in [0.25, 0.3) is 0 Å². The highest BCUT2D eigenvalue weighted by molar-refractivity contribution is 7.92. The van der Waals surface area contributed by atoms with Crippen LogP contribution >= 0.6 is 34.8 Å². The lowest BCUT2D eigenvalue weighted by atomic mass is 10.1. The third-order valence-corrected chi connectivity index (χ3v) is 8.02. The second kappa shape index (κ2) is 13.4. The SMILES string of the molecule is CC[C@H](C)NC(=O)[C@H](CC)N(Cc1ccc(Cl)cc1Cl)C(=O)CN(c1ccc(Cl)c(C(F)(F)F)c1)S(C)(=O)=O. The lowest BCUT2D eigenvalue weighted by Gasteiger charge is -2.33. The molecule has 0 radical (unpaired) electrons. The molecule has 1 N–H and O–H groups in total. The number of nitrogens with one attached hydrogen (secondary N) is 1. The fourth-order valence-electron chi connectivity index (χ4n) is 3.69. The van der Waals surface area contributed by atoms with E-state index < -0.39 is 56.9 Å². The van der Waals surface area contributed by atoms with Gasteiger partial charge < -0.3 is 10.2 Å². The van der Waals surface area contributed by atoms with Crippen LogP contribution in [-0.4, -0.2) is 50.0 Å². The molecule has 0 aliphatic rings. The van der Waals surface area contributed by atoms with Crippen molar-refractivity contribution in [1.29, 1.82) is 0 Å². The van der Waals surface area contributed by atoms with E-state index in [0.29, 0.717) is 27.4 Å². The fraction of sp³-hybridized carbons (Fsp3) is 0.440. The van der Waals surface area contributed by atoms with Crippen LogP contribution in [0.3, 0.4) is 0 Å². The van der Waals surface area contributed by atoms with Crippen molar-refractivity contribution in [2.45, 2.75) is 58.4 Å². The molecule has 2 atom stereocenters. The second-order valence-electron chi connectivity index (χ2n) is 8.93. The molecule has 2 rings (SSSR count). The number of rotatable bonds is 11. The lowest BCUT2D eigenvalue weighted by Crippen LogP contribution is -2.53. The van der Waals surface area contributed by atoms with E-state index in [2.05, 4.69) is 5.32 Å². The number of benzene rings is 2. The number of hydrogen-bond acceptors (Lipinski definition) is 4. The van der Waals surface area contributed by atoms with Crippen LogP contribution < -0.4 is 9.62 Å². The molecule has 0 saturated heterocycles. The first-order valence-corrected chi connectivity index (χ1v) is 14.9. The first kappa shape index (κ1) is 33.0. The normalized spacial score (nSPS) is 13.5. The highest BCUT2D eigenvalue weighted by Crippen LogP contribution is 2.37. The van der Waals surface area contributed by atoms with Gasteiger partial charge in [-0.15, -0.1) is 0 Å². The van der Waals surface area contributed by atoms with E-state index in [1.165, 1.54) is 6.07 Å². The van der Waals surface area contributed by atoms with E-state index in [0.717, 1.165) is 23.3 Å². The summed E-state index contributed by atoms with van der Waals surface area (Å²) in [5.41, 5.74) is -1.24. The van der Waals surface area contributed by atoms with E-state index in [1.54, 1.807) is 26.0 Å². The molecule has 0 aliphatic heterocycles. The zero-order chi connectivity index (χ0) is 29.7. The number of sulfonamides is 1. The minimum Gasteiger partial charge on any atom is -0.352 e. The summed E-state index contributed by atoms with van der Waals surface area (Å²) in [6.07, 6.45) is -3.31. The minimum atomic E-state index is -4.86. The number of amides is 2. The van der Waals surface area contributed by atoms with E-state index in [4.69, 9.17) is 34.8 Å². The van der Waals surface area contributed by atoms with Crippen LogP contribution in [0.4, 0.5) is 18.9 Å². The highest BCUT2D eigenvalue weighted by atomic mass is 35.5. The van der Waals surface area contributed by atoms with Crippen molar-refractivity contribution in [2.75, 3.05) is 17.1 Å².